The molecule has 0 aliphatic carbocycles. The van der Waals surface area contributed by atoms with Crippen LogP contribution in [0.3, 0.4) is 0 Å². The van der Waals surface area contributed by atoms with Crippen LogP contribution in [-0.4, -0.2) is 0 Å². The molecule has 2 heteroatoms. The molecule has 1 aromatic heterocycles. The van der Waals surface area contributed by atoms with E-state index in [2.05, 4.69) is 46.8 Å². The lowest BCUT2D eigenvalue weighted by molar-refractivity contribution is 0.537. The van der Waals surface area contributed by atoms with Crippen LogP contribution in [0.5, 0.6) is 0 Å². The fourth-order valence-electron chi connectivity index (χ4n) is 2.68. The minimum atomic E-state index is 0.436. The van der Waals surface area contributed by atoms with Crippen molar-refractivity contribution in [1.29, 1.82) is 0 Å². The number of fused-ring (bicyclic) bond motifs is 1. The zero-order chi connectivity index (χ0) is 13.4. The molecule has 0 atom stereocenters. The highest BCUT2D eigenvalue weighted by atomic mass is 16.3. The van der Waals surface area contributed by atoms with Gasteiger partial charge in [0.05, 0.1) is 6.54 Å². The Balaban J connectivity index is 2.87. The third-order valence-electron chi connectivity index (χ3n) is 3.58. The lowest BCUT2D eigenvalue weighted by Gasteiger charge is -2.09. The van der Waals surface area contributed by atoms with Gasteiger partial charge in [0.25, 0.3) is 0 Å². The molecule has 1 heterocycles. The smallest absolute Gasteiger partial charge is 0.138 e. The van der Waals surface area contributed by atoms with E-state index in [4.69, 9.17) is 10.2 Å². The molecule has 2 nitrogen and oxygen atoms in total. The molecule has 0 aliphatic heterocycles. The molecule has 2 rings (SSSR count). The summed E-state index contributed by atoms with van der Waals surface area (Å²) in [4.78, 5) is 0. The van der Waals surface area contributed by atoms with E-state index in [0.29, 0.717) is 18.4 Å². The van der Waals surface area contributed by atoms with Crippen LogP contribution in [0, 0.1) is 6.92 Å². The van der Waals surface area contributed by atoms with E-state index in [1.165, 1.54) is 22.1 Å². The quantitative estimate of drug-likeness (QED) is 0.867. The average molecular weight is 245 g/mol. The lowest BCUT2D eigenvalue weighted by atomic mass is 9.93. The van der Waals surface area contributed by atoms with Crippen molar-refractivity contribution in [2.24, 2.45) is 5.73 Å². The first-order valence-corrected chi connectivity index (χ1v) is 6.72. The second kappa shape index (κ2) is 4.77. The van der Waals surface area contributed by atoms with Gasteiger partial charge in [0.15, 0.2) is 0 Å². The molecule has 0 spiro atoms. The van der Waals surface area contributed by atoms with E-state index in [1.54, 1.807) is 0 Å². The summed E-state index contributed by atoms with van der Waals surface area (Å²) in [5, 5.41) is 1.27. The predicted molar refractivity (Wildman–Crippen MR) is 77.0 cm³/mol. The van der Waals surface area contributed by atoms with Crippen LogP contribution in [0.15, 0.2) is 16.5 Å². The summed E-state index contributed by atoms with van der Waals surface area (Å²) in [6.45, 7) is 11.4. The molecule has 0 saturated heterocycles. The van der Waals surface area contributed by atoms with Gasteiger partial charge in [-0.3, -0.25) is 0 Å². The third-order valence-corrected chi connectivity index (χ3v) is 3.58. The minimum Gasteiger partial charge on any atom is -0.459 e. The summed E-state index contributed by atoms with van der Waals surface area (Å²) >= 11 is 0. The van der Waals surface area contributed by atoms with E-state index in [0.717, 1.165) is 11.3 Å². The molecule has 0 aliphatic rings. The van der Waals surface area contributed by atoms with Crippen molar-refractivity contribution < 1.29 is 4.42 Å². The Labute approximate surface area is 109 Å². The van der Waals surface area contributed by atoms with Crippen molar-refractivity contribution >= 4 is 11.0 Å². The molecule has 2 aromatic rings. The first kappa shape index (κ1) is 13.2. The molecule has 0 unspecified atom stereocenters. The zero-order valence-electron chi connectivity index (χ0n) is 12.0. The Kier molecular flexibility index (Phi) is 3.49. The van der Waals surface area contributed by atoms with Crippen LogP contribution in [0.4, 0.5) is 0 Å². The molecular formula is C16H23NO. The van der Waals surface area contributed by atoms with Gasteiger partial charge in [0.1, 0.15) is 11.3 Å². The number of furan rings is 1. The number of nitrogens with two attached hydrogens (primary N) is 1. The third kappa shape index (κ3) is 1.95. The largest absolute Gasteiger partial charge is 0.459 e. The SMILES string of the molecule is Cc1ccc(C(C)C)c2oc(CN)c(C(C)C)c12. The Morgan fingerprint density at radius 1 is 1.11 bits per heavy atom. The number of rotatable bonds is 3. The van der Waals surface area contributed by atoms with Crippen molar-refractivity contribution in [1.82, 2.24) is 0 Å². The summed E-state index contributed by atoms with van der Waals surface area (Å²) < 4.78 is 6.06. The lowest BCUT2D eigenvalue weighted by Crippen LogP contribution is -2.00. The van der Waals surface area contributed by atoms with Crippen molar-refractivity contribution in [2.75, 3.05) is 0 Å². The number of hydrogen-bond donors (Lipinski definition) is 1. The first-order chi connectivity index (χ1) is 8.47. The molecule has 18 heavy (non-hydrogen) atoms. The Morgan fingerprint density at radius 3 is 2.28 bits per heavy atom. The van der Waals surface area contributed by atoms with Gasteiger partial charge in [-0.25, -0.2) is 0 Å². The fraction of sp³-hybridized carbons (Fsp3) is 0.500. The van der Waals surface area contributed by atoms with Gasteiger partial charge < -0.3 is 10.2 Å². The van der Waals surface area contributed by atoms with E-state index in [-0.39, 0.29) is 0 Å². The number of aryl methyl sites for hydroxylation is 1. The van der Waals surface area contributed by atoms with Crippen LogP contribution in [0.25, 0.3) is 11.0 Å². The van der Waals surface area contributed by atoms with Gasteiger partial charge in [0, 0.05) is 10.9 Å². The van der Waals surface area contributed by atoms with Crippen molar-refractivity contribution in [3.63, 3.8) is 0 Å². The normalized spacial score (nSPS) is 12.0. The molecule has 0 saturated carbocycles. The Bertz CT molecular complexity index is 564. The van der Waals surface area contributed by atoms with Gasteiger partial charge in [-0.2, -0.15) is 0 Å². The highest BCUT2D eigenvalue weighted by Gasteiger charge is 2.20. The second-order valence-corrected chi connectivity index (χ2v) is 5.63. The maximum absolute atomic E-state index is 6.06. The molecule has 2 N–H and O–H groups in total. The monoisotopic (exact) mass is 245 g/mol. The Hall–Kier alpha value is -1.28. The van der Waals surface area contributed by atoms with Gasteiger partial charge in [-0.15, -0.1) is 0 Å². The molecule has 1 aromatic carbocycles. The van der Waals surface area contributed by atoms with Crippen LogP contribution in [0.1, 0.15) is 62.0 Å². The minimum absolute atomic E-state index is 0.436. The van der Waals surface area contributed by atoms with E-state index in [9.17, 15) is 0 Å². The van der Waals surface area contributed by atoms with Gasteiger partial charge >= 0.3 is 0 Å². The molecule has 0 bridgehead atoms. The van der Waals surface area contributed by atoms with E-state index in [1.807, 2.05) is 0 Å². The first-order valence-electron chi connectivity index (χ1n) is 6.72. The van der Waals surface area contributed by atoms with E-state index < -0.39 is 0 Å². The number of hydrogen-bond acceptors (Lipinski definition) is 2. The molecule has 0 amide bonds. The highest BCUT2D eigenvalue weighted by Crippen LogP contribution is 2.37. The molecule has 0 fully saturated rings. The molecule has 98 valence electrons. The van der Waals surface area contributed by atoms with Crippen LogP contribution in [0.2, 0.25) is 0 Å². The second-order valence-electron chi connectivity index (χ2n) is 5.63. The maximum atomic E-state index is 6.06. The summed E-state index contributed by atoms with van der Waals surface area (Å²) in [6.07, 6.45) is 0. The number of benzene rings is 1. The van der Waals surface area contributed by atoms with E-state index >= 15 is 0 Å². The summed E-state index contributed by atoms with van der Waals surface area (Å²) in [5.74, 6) is 1.84. The van der Waals surface area contributed by atoms with Crippen molar-refractivity contribution in [2.45, 2.75) is 53.0 Å². The summed E-state index contributed by atoms with van der Waals surface area (Å²) in [5.41, 5.74) is 10.7. The van der Waals surface area contributed by atoms with Crippen molar-refractivity contribution in [3.8, 4) is 0 Å². The topological polar surface area (TPSA) is 39.2 Å². The van der Waals surface area contributed by atoms with Gasteiger partial charge in [0.2, 0.25) is 0 Å². The predicted octanol–water partition coefficient (Wildman–Crippen LogP) is 4.45. The van der Waals surface area contributed by atoms with Crippen LogP contribution >= 0.6 is 0 Å². The highest BCUT2D eigenvalue weighted by molar-refractivity contribution is 5.89. The standard InChI is InChI=1S/C16H23NO/c1-9(2)12-7-6-11(5)15-14(10(3)4)13(8-17)18-16(12)15/h6-7,9-10H,8,17H2,1-5H3. The van der Waals surface area contributed by atoms with Gasteiger partial charge in [-0.1, -0.05) is 39.8 Å². The molecule has 0 radical (unpaired) electrons. The molecular weight excluding hydrogens is 222 g/mol. The van der Waals surface area contributed by atoms with Crippen molar-refractivity contribution in [3.05, 3.63) is 34.6 Å². The van der Waals surface area contributed by atoms with Crippen LogP contribution < -0.4 is 5.73 Å². The summed E-state index contributed by atoms with van der Waals surface area (Å²) in [6, 6.07) is 4.37. The fourth-order valence-corrected chi connectivity index (χ4v) is 2.68. The average Bonchev–Trinajstić information content (AvgIpc) is 2.69. The zero-order valence-corrected chi connectivity index (χ0v) is 12.0. The van der Waals surface area contributed by atoms with Crippen LogP contribution in [-0.2, 0) is 6.54 Å². The Morgan fingerprint density at radius 2 is 1.78 bits per heavy atom. The maximum Gasteiger partial charge on any atom is 0.138 e. The van der Waals surface area contributed by atoms with Gasteiger partial charge in [-0.05, 0) is 29.9 Å². The summed E-state index contributed by atoms with van der Waals surface area (Å²) in [7, 11) is 0.